The number of rotatable bonds is 12. The Morgan fingerprint density at radius 3 is 0.659 bits per heavy atom. The number of halogens is 26. The van der Waals surface area contributed by atoms with E-state index < -0.39 is 83.4 Å². The minimum absolute atomic E-state index is 0.768. The minimum atomic E-state index is -9.01. The van der Waals surface area contributed by atoms with Gasteiger partial charge in [0.15, 0.2) is 0 Å². The van der Waals surface area contributed by atoms with Gasteiger partial charge in [-0.15, -0.1) is 0 Å². The third-order valence-electron chi connectivity index (χ3n) is 4.24. The molecular weight excluding hydrogens is 678 g/mol. The van der Waals surface area contributed by atoms with Crippen LogP contribution in [0.4, 0.5) is 114 Å². The van der Waals surface area contributed by atoms with Crippen molar-refractivity contribution >= 4 is 0 Å². The van der Waals surface area contributed by atoms with Crippen LogP contribution in [0.25, 0.3) is 0 Å². The van der Waals surface area contributed by atoms with E-state index in [1.807, 2.05) is 0 Å². The smallest absolute Gasteiger partial charge is 0.245 e. The van der Waals surface area contributed by atoms with Crippen LogP contribution in [0.3, 0.4) is 0 Å². The molecule has 0 aromatic rings. The maximum atomic E-state index is 13.4. The Morgan fingerprint density at radius 1 is 0.293 bits per heavy atom. The largest absolute Gasteiger partial charge is 0.430 e. The van der Waals surface area contributed by atoms with Crippen LogP contribution in [0.2, 0.25) is 0 Å². The predicted octanol–water partition coefficient (Wildman–Crippen LogP) is 9.43. The van der Waals surface area contributed by atoms with Crippen LogP contribution in [0.15, 0.2) is 23.8 Å². The molecule has 0 atom stereocenters. The van der Waals surface area contributed by atoms with Crippen molar-refractivity contribution in [2.75, 3.05) is 0 Å². The van der Waals surface area contributed by atoms with Crippen LogP contribution in [-0.4, -0.2) is 59.6 Å². The molecule has 0 unspecified atom stereocenters. The monoisotopic (exact) mass is 678 g/mol. The van der Waals surface area contributed by atoms with Gasteiger partial charge in [-0.25, -0.2) is 4.74 Å². The van der Waals surface area contributed by atoms with E-state index in [9.17, 15) is 114 Å². The van der Waals surface area contributed by atoms with Crippen LogP contribution in [-0.2, 0) is 4.74 Å². The van der Waals surface area contributed by atoms with Gasteiger partial charge in [0.25, 0.3) is 0 Å². The molecule has 244 valence electrons. The highest BCUT2D eigenvalue weighted by molar-refractivity contribution is 5.19. The van der Waals surface area contributed by atoms with Crippen molar-refractivity contribution in [1.82, 2.24) is 0 Å². The number of alkyl halides is 20. The standard InChI is InChI=1S/C14F26O/c15-1(3(17)18)5(21,22)7(25,26)9(29,30)11(33,34)13(37,38)41-14(39,40)12(35,36)10(31,32)8(27,28)6(23,24)2(16)4(19)20. The molecule has 0 saturated heterocycles. The van der Waals surface area contributed by atoms with Crippen molar-refractivity contribution in [3.63, 3.8) is 0 Å². The van der Waals surface area contributed by atoms with Crippen LogP contribution in [0.5, 0.6) is 0 Å². The van der Waals surface area contributed by atoms with Gasteiger partial charge < -0.3 is 0 Å². The van der Waals surface area contributed by atoms with Gasteiger partial charge in [-0.2, -0.15) is 114 Å². The van der Waals surface area contributed by atoms with Crippen molar-refractivity contribution in [2.45, 2.75) is 59.6 Å². The van der Waals surface area contributed by atoms with E-state index in [1.54, 1.807) is 0 Å². The molecule has 0 aromatic heterocycles. The summed E-state index contributed by atoms with van der Waals surface area (Å²) < 4.78 is 337. The molecule has 41 heavy (non-hydrogen) atoms. The zero-order valence-electron chi connectivity index (χ0n) is 17.2. The Kier molecular flexibility index (Phi) is 9.53. The molecule has 0 aromatic carbocycles. The molecule has 0 aliphatic heterocycles. The van der Waals surface area contributed by atoms with E-state index in [0.717, 1.165) is 4.74 Å². The van der Waals surface area contributed by atoms with Gasteiger partial charge in [0.05, 0.1) is 0 Å². The Hall–Kier alpha value is -2.38. The van der Waals surface area contributed by atoms with Crippen LogP contribution < -0.4 is 0 Å². The fraction of sp³-hybridized carbons (Fsp3) is 0.714. The van der Waals surface area contributed by atoms with E-state index in [1.165, 1.54) is 0 Å². The van der Waals surface area contributed by atoms with Crippen molar-refractivity contribution in [3.05, 3.63) is 23.8 Å². The fourth-order valence-electron chi connectivity index (χ4n) is 1.96. The molecule has 0 rings (SSSR count). The number of ether oxygens (including phenoxy) is 1. The van der Waals surface area contributed by atoms with Crippen molar-refractivity contribution in [3.8, 4) is 0 Å². The summed E-state index contributed by atoms with van der Waals surface area (Å²) in [6.07, 6.45) is -27.1. The van der Waals surface area contributed by atoms with E-state index in [-0.39, 0.29) is 0 Å². The highest BCUT2D eigenvalue weighted by Crippen LogP contribution is 2.63. The quantitative estimate of drug-likeness (QED) is 0.187. The summed E-state index contributed by atoms with van der Waals surface area (Å²) in [7, 11) is 0. The van der Waals surface area contributed by atoms with Gasteiger partial charge in [-0.3, -0.25) is 0 Å². The van der Waals surface area contributed by atoms with Gasteiger partial charge in [0, 0.05) is 0 Å². The zero-order chi connectivity index (χ0) is 34.0. The topological polar surface area (TPSA) is 9.23 Å². The van der Waals surface area contributed by atoms with E-state index >= 15 is 0 Å². The Morgan fingerprint density at radius 2 is 0.488 bits per heavy atom. The normalized spacial score (nSPS) is 15.7. The number of hydrogen-bond donors (Lipinski definition) is 0. The summed E-state index contributed by atoms with van der Waals surface area (Å²) in [4.78, 5) is 0. The van der Waals surface area contributed by atoms with Crippen LogP contribution >= 0.6 is 0 Å². The average molecular weight is 678 g/mol. The molecule has 0 bridgehead atoms. The SMILES string of the molecule is FC(F)=C(F)C(F)(F)C(F)(F)C(F)(F)C(F)(F)C(F)(F)OC(F)(F)C(F)(F)C(F)(F)C(F)(F)C(F)(F)C(F)=C(F)F. The average Bonchev–Trinajstić information content (AvgIpc) is 2.75. The fourth-order valence-corrected chi connectivity index (χ4v) is 1.96. The molecule has 0 N–H and O–H groups in total. The summed E-state index contributed by atoms with van der Waals surface area (Å²) in [5.41, 5.74) is 0. The first-order chi connectivity index (χ1) is 17.4. The molecule has 1 nitrogen and oxygen atoms in total. The predicted molar refractivity (Wildman–Crippen MR) is 71.3 cm³/mol. The summed E-state index contributed by atoms with van der Waals surface area (Å²) in [6.45, 7) is 0. The minimum Gasteiger partial charge on any atom is -0.245 e. The molecule has 0 fully saturated rings. The lowest BCUT2D eigenvalue weighted by Crippen LogP contribution is -2.71. The third kappa shape index (κ3) is 5.22. The molecule has 0 radical (unpaired) electrons. The Bertz CT molecular complexity index is 956. The third-order valence-corrected chi connectivity index (χ3v) is 4.24. The second kappa shape index (κ2) is 10.1. The summed E-state index contributed by atoms with van der Waals surface area (Å²) >= 11 is 0. The molecule has 0 aliphatic carbocycles. The molecule has 0 spiro atoms. The molecule has 27 heteroatoms. The summed E-state index contributed by atoms with van der Waals surface area (Å²) in [5, 5.41) is 0. The van der Waals surface area contributed by atoms with Crippen LogP contribution in [0, 0.1) is 0 Å². The first-order valence-corrected chi connectivity index (χ1v) is 8.32. The Labute approximate surface area is 204 Å². The molecule has 0 amide bonds. The van der Waals surface area contributed by atoms with Crippen molar-refractivity contribution in [2.24, 2.45) is 0 Å². The maximum absolute atomic E-state index is 13.4. The van der Waals surface area contributed by atoms with E-state index in [2.05, 4.69) is 0 Å². The number of allylic oxidation sites excluding steroid dienone is 2. The first-order valence-electron chi connectivity index (χ1n) is 8.32. The second-order valence-corrected chi connectivity index (χ2v) is 6.88. The van der Waals surface area contributed by atoms with Gasteiger partial charge in [0.1, 0.15) is 0 Å². The lowest BCUT2D eigenvalue weighted by molar-refractivity contribution is -0.521. The molecular formula is C14F26O. The van der Waals surface area contributed by atoms with E-state index in [0.29, 0.717) is 0 Å². The molecule has 0 saturated carbocycles. The van der Waals surface area contributed by atoms with Gasteiger partial charge in [-0.1, -0.05) is 0 Å². The zero-order valence-corrected chi connectivity index (χ0v) is 17.2. The summed E-state index contributed by atoms with van der Waals surface area (Å²) in [5.74, 6) is -79.5. The van der Waals surface area contributed by atoms with Gasteiger partial charge >= 0.3 is 71.8 Å². The van der Waals surface area contributed by atoms with Gasteiger partial charge in [0.2, 0.25) is 11.7 Å². The second-order valence-electron chi connectivity index (χ2n) is 6.88. The lowest BCUT2D eigenvalue weighted by Gasteiger charge is -2.41. The highest BCUT2D eigenvalue weighted by atomic mass is 19.4. The highest BCUT2D eigenvalue weighted by Gasteiger charge is 2.92. The molecule has 0 aliphatic rings. The number of hydrogen-bond acceptors (Lipinski definition) is 1. The van der Waals surface area contributed by atoms with Crippen molar-refractivity contribution in [1.29, 1.82) is 0 Å². The maximum Gasteiger partial charge on any atom is 0.430 e. The summed E-state index contributed by atoms with van der Waals surface area (Å²) in [6, 6.07) is 0. The first kappa shape index (κ1) is 38.6. The van der Waals surface area contributed by atoms with Crippen molar-refractivity contribution < 1.29 is 119 Å². The Balaban J connectivity index is 7.00. The lowest BCUT2D eigenvalue weighted by atomic mass is 9.96. The van der Waals surface area contributed by atoms with E-state index in [4.69, 9.17) is 0 Å². The van der Waals surface area contributed by atoms with Gasteiger partial charge in [-0.05, 0) is 0 Å². The molecule has 0 heterocycles. The van der Waals surface area contributed by atoms with Crippen LogP contribution in [0.1, 0.15) is 0 Å².